The summed E-state index contributed by atoms with van der Waals surface area (Å²) < 4.78 is 0. The first kappa shape index (κ1) is 15.4. The first-order chi connectivity index (χ1) is 11.3. The fourth-order valence-electron chi connectivity index (χ4n) is 2.74. The minimum atomic E-state index is 0.821. The van der Waals surface area contributed by atoms with Crippen LogP contribution >= 0.6 is 0 Å². The molecule has 0 saturated heterocycles. The highest BCUT2D eigenvalue weighted by molar-refractivity contribution is 5.67. The normalized spacial score (nSPS) is 10.7. The van der Waals surface area contributed by atoms with Gasteiger partial charge in [0.1, 0.15) is 0 Å². The van der Waals surface area contributed by atoms with Crippen molar-refractivity contribution in [3.8, 4) is 22.6 Å². The Hall–Kier alpha value is -2.48. The summed E-state index contributed by atoms with van der Waals surface area (Å²) in [5, 5.41) is 0. The monoisotopic (exact) mass is 302 g/mol. The van der Waals surface area contributed by atoms with Gasteiger partial charge in [0.25, 0.3) is 0 Å². The summed E-state index contributed by atoms with van der Waals surface area (Å²) in [6.45, 7) is 4.36. The van der Waals surface area contributed by atoms with E-state index >= 15 is 0 Å². The van der Waals surface area contributed by atoms with Crippen molar-refractivity contribution in [2.75, 3.05) is 0 Å². The van der Waals surface area contributed by atoms with E-state index in [1.807, 2.05) is 24.3 Å². The second-order valence-corrected chi connectivity index (χ2v) is 5.80. The molecule has 2 heteroatoms. The van der Waals surface area contributed by atoms with E-state index in [4.69, 9.17) is 9.97 Å². The van der Waals surface area contributed by atoms with Crippen LogP contribution in [0.25, 0.3) is 22.6 Å². The second-order valence-electron chi connectivity index (χ2n) is 5.80. The molecule has 116 valence electrons. The van der Waals surface area contributed by atoms with Gasteiger partial charge < -0.3 is 0 Å². The van der Waals surface area contributed by atoms with E-state index in [1.54, 1.807) is 0 Å². The molecule has 2 nitrogen and oxygen atoms in total. The Morgan fingerprint density at radius 1 is 0.783 bits per heavy atom. The molecule has 0 unspecified atom stereocenters. The lowest BCUT2D eigenvalue weighted by molar-refractivity contribution is 0.769. The lowest BCUT2D eigenvalue weighted by Gasteiger charge is -2.13. The quantitative estimate of drug-likeness (QED) is 0.625. The molecule has 2 aromatic carbocycles. The van der Waals surface area contributed by atoms with Crippen LogP contribution in [0.4, 0.5) is 0 Å². The number of unbranched alkanes of at least 4 members (excludes halogenated alkanes) is 1. The van der Waals surface area contributed by atoms with Gasteiger partial charge in [-0.3, -0.25) is 0 Å². The van der Waals surface area contributed by atoms with Crippen molar-refractivity contribution in [3.63, 3.8) is 0 Å². The zero-order valence-electron chi connectivity index (χ0n) is 13.8. The maximum atomic E-state index is 4.87. The van der Waals surface area contributed by atoms with E-state index in [-0.39, 0.29) is 0 Å². The molecule has 0 aliphatic heterocycles. The van der Waals surface area contributed by atoms with Crippen molar-refractivity contribution in [2.24, 2.45) is 0 Å². The third-order valence-corrected chi connectivity index (χ3v) is 4.09. The molecule has 0 fully saturated rings. The summed E-state index contributed by atoms with van der Waals surface area (Å²) in [5.74, 6) is 0.821. The summed E-state index contributed by atoms with van der Waals surface area (Å²) in [5.41, 5.74) is 5.64. The first-order valence-electron chi connectivity index (χ1n) is 8.28. The minimum absolute atomic E-state index is 0.821. The fraction of sp³-hybridized carbons (Fsp3) is 0.238. The van der Waals surface area contributed by atoms with Crippen molar-refractivity contribution in [1.82, 2.24) is 9.97 Å². The van der Waals surface area contributed by atoms with Crippen LogP contribution in [-0.4, -0.2) is 9.97 Å². The molecule has 0 bridgehead atoms. The molecule has 0 aliphatic rings. The van der Waals surface area contributed by atoms with Gasteiger partial charge in [-0.1, -0.05) is 74.0 Å². The lowest BCUT2D eigenvalue weighted by Crippen LogP contribution is -2.03. The van der Waals surface area contributed by atoms with Gasteiger partial charge >= 0.3 is 0 Å². The fourth-order valence-corrected chi connectivity index (χ4v) is 2.74. The lowest BCUT2D eigenvalue weighted by atomic mass is 10.0. The number of hydrogen-bond donors (Lipinski definition) is 0. The van der Waals surface area contributed by atoms with Crippen molar-refractivity contribution in [1.29, 1.82) is 0 Å². The summed E-state index contributed by atoms with van der Waals surface area (Å²) in [4.78, 5) is 9.73. The van der Waals surface area contributed by atoms with Crippen molar-refractivity contribution in [3.05, 3.63) is 71.9 Å². The first-order valence-corrected chi connectivity index (χ1v) is 8.28. The van der Waals surface area contributed by atoms with Crippen LogP contribution in [0.5, 0.6) is 0 Å². The number of hydrogen-bond acceptors (Lipinski definition) is 2. The van der Waals surface area contributed by atoms with Gasteiger partial charge in [0, 0.05) is 16.8 Å². The molecule has 1 heterocycles. The third kappa shape index (κ3) is 3.48. The van der Waals surface area contributed by atoms with E-state index in [1.165, 1.54) is 17.7 Å². The van der Waals surface area contributed by atoms with Gasteiger partial charge in [-0.05, 0) is 25.3 Å². The average molecular weight is 302 g/mol. The summed E-state index contributed by atoms with van der Waals surface area (Å²) in [7, 11) is 0. The molecule has 0 radical (unpaired) electrons. The number of rotatable bonds is 5. The predicted octanol–water partition coefficient (Wildman–Crippen LogP) is 5.46. The van der Waals surface area contributed by atoms with Crippen LogP contribution in [0.15, 0.2) is 60.7 Å². The Kier molecular flexibility index (Phi) is 4.82. The maximum absolute atomic E-state index is 4.87. The van der Waals surface area contributed by atoms with Crippen LogP contribution in [0.1, 0.15) is 31.0 Å². The van der Waals surface area contributed by atoms with Gasteiger partial charge in [-0.2, -0.15) is 0 Å². The molecule has 1 aromatic heterocycles. The van der Waals surface area contributed by atoms with Gasteiger partial charge in [0.05, 0.1) is 5.69 Å². The second kappa shape index (κ2) is 7.19. The number of aryl methyl sites for hydroxylation is 1. The Bertz CT molecular complexity index is 765. The Morgan fingerprint density at radius 3 is 2.00 bits per heavy atom. The predicted molar refractivity (Wildman–Crippen MR) is 96.3 cm³/mol. The van der Waals surface area contributed by atoms with Crippen molar-refractivity contribution in [2.45, 2.75) is 33.1 Å². The molecular formula is C21H22N2. The molecule has 3 aromatic rings. The molecule has 23 heavy (non-hydrogen) atoms. The standard InChI is InChI=1S/C21H22N2/c1-3-4-15-19-16(2)20(17-11-7-5-8-12-17)23-21(22-19)18-13-9-6-10-14-18/h5-14H,3-4,15H2,1-2H3. The molecule has 0 aliphatic carbocycles. The van der Waals surface area contributed by atoms with Crippen molar-refractivity contribution < 1.29 is 0 Å². The third-order valence-electron chi connectivity index (χ3n) is 4.09. The molecular weight excluding hydrogens is 280 g/mol. The Labute approximate surface area is 138 Å². The molecule has 0 amide bonds. The van der Waals surface area contributed by atoms with Crippen LogP contribution < -0.4 is 0 Å². The summed E-state index contributed by atoms with van der Waals surface area (Å²) in [6, 6.07) is 20.6. The smallest absolute Gasteiger partial charge is 0.160 e. The highest BCUT2D eigenvalue weighted by Gasteiger charge is 2.13. The summed E-state index contributed by atoms with van der Waals surface area (Å²) >= 11 is 0. The molecule has 0 saturated carbocycles. The zero-order chi connectivity index (χ0) is 16.1. The Balaban J connectivity index is 2.14. The zero-order valence-corrected chi connectivity index (χ0v) is 13.8. The molecule has 0 atom stereocenters. The number of nitrogens with zero attached hydrogens (tertiary/aromatic N) is 2. The van der Waals surface area contributed by atoms with Crippen LogP contribution in [-0.2, 0) is 6.42 Å². The van der Waals surface area contributed by atoms with E-state index in [2.05, 4.69) is 50.2 Å². The topological polar surface area (TPSA) is 25.8 Å². The average Bonchev–Trinajstić information content (AvgIpc) is 2.62. The van der Waals surface area contributed by atoms with Gasteiger partial charge in [-0.25, -0.2) is 9.97 Å². The molecule has 0 spiro atoms. The van der Waals surface area contributed by atoms with E-state index < -0.39 is 0 Å². The SMILES string of the molecule is CCCCc1nc(-c2ccccc2)nc(-c2ccccc2)c1C. The number of benzene rings is 2. The van der Waals surface area contributed by atoms with Crippen molar-refractivity contribution >= 4 is 0 Å². The molecule has 3 rings (SSSR count). The minimum Gasteiger partial charge on any atom is -0.233 e. The van der Waals surface area contributed by atoms with Crippen LogP contribution in [0.2, 0.25) is 0 Å². The maximum Gasteiger partial charge on any atom is 0.160 e. The van der Waals surface area contributed by atoms with E-state index in [0.29, 0.717) is 0 Å². The van der Waals surface area contributed by atoms with Crippen LogP contribution in [0, 0.1) is 6.92 Å². The highest BCUT2D eigenvalue weighted by atomic mass is 14.9. The van der Waals surface area contributed by atoms with E-state index in [0.717, 1.165) is 35.5 Å². The number of aromatic nitrogens is 2. The molecule has 0 N–H and O–H groups in total. The largest absolute Gasteiger partial charge is 0.233 e. The van der Waals surface area contributed by atoms with Gasteiger partial charge in [0.15, 0.2) is 5.82 Å². The van der Waals surface area contributed by atoms with Gasteiger partial charge in [0.2, 0.25) is 0 Å². The van der Waals surface area contributed by atoms with Gasteiger partial charge in [-0.15, -0.1) is 0 Å². The Morgan fingerprint density at radius 2 is 1.39 bits per heavy atom. The van der Waals surface area contributed by atoms with Crippen LogP contribution in [0.3, 0.4) is 0 Å². The highest BCUT2D eigenvalue weighted by Crippen LogP contribution is 2.27. The summed E-state index contributed by atoms with van der Waals surface area (Å²) in [6.07, 6.45) is 3.33. The van der Waals surface area contributed by atoms with E-state index in [9.17, 15) is 0 Å².